The van der Waals surface area contributed by atoms with Crippen molar-refractivity contribution in [3.8, 4) is 0 Å². The lowest BCUT2D eigenvalue weighted by Crippen LogP contribution is -2.36. The first-order valence-corrected chi connectivity index (χ1v) is 10.4. The highest BCUT2D eigenvalue weighted by Crippen LogP contribution is 2.24. The lowest BCUT2D eigenvalue weighted by Gasteiger charge is -2.24. The van der Waals surface area contributed by atoms with Crippen molar-refractivity contribution < 1.29 is 18.0 Å². The fraction of sp³-hybridized carbons (Fsp3) is 0.300. The van der Waals surface area contributed by atoms with E-state index in [1.807, 2.05) is 18.2 Å². The van der Waals surface area contributed by atoms with E-state index in [9.17, 15) is 18.0 Å². The van der Waals surface area contributed by atoms with Gasteiger partial charge < -0.3 is 4.90 Å². The van der Waals surface area contributed by atoms with Crippen molar-refractivity contribution in [3.05, 3.63) is 65.7 Å². The third kappa shape index (κ3) is 4.02. The molecule has 1 aliphatic heterocycles. The monoisotopic (exact) mass is 371 g/mol. The molecule has 2 aromatic rings. The van der Waals surface area contributed by atoms with Crippen LogP contribution in [-0.2, 0) is 9.84 Å². The maximum absolute atomic E-state index is 12.8. The van der Waals surface area contributed by atoms with Gasteiger partial charge in [-0.05, 0) is 37.1 Å². The van der Waals surface area contributed by atoms with E-state index in [2.05, 4.69) is 0 Å². The average Bonchev–Trinajstić information content (AvgIpc) is 3.09. The fourth-order valence-corrected chi connectivity index (χ4v) is 3.91. The lowest BCUT2D eigenvalue weighted by molar-refractivity contribution is 0.0717. The summed E-state index contributed by atoms with van der Waals surface area (Å²) in [6.07, 6.45) is 3.10. The molecule has 26 heavy (non-hydrogen) atoms. The molecule has 1 unspecified atom stereocenters. The first-order chi connectivity index (χ1) is 12.4. The lowest BCUT2D eigenvalue weighted by atomic mass is 10.0. The predicted molar refractivity (Wildman–Crippen MR) is 99.0 cm³/mol. The Bertz CT molecular complexity index is 905. The van der Waals surface area contributed by atoms with Gasteiger partial charge in [0.1, 0.15) is 0 Å². The Morgan fingerprint density at radius 3 is 2.27 bits per heavy atom. The van der Waals surface area contributed by atoms with Gasteiger partial charge in [0, 0.05) is 36.4 Å². The van der Waals surface area contributed by atoms with Gasteiger partial charge in [0.2, 0.25) is 0 Å². The van der Waals surface area contributed by atoms with Crippen molar-refractivity contribution in [3.63, 3.8) is 0 Å². The topological polar surface area (TPSA) is 71.5 Å². The van der Waals surface area contributed by atoms with Gasteiger partial charge in [-0.3, -0.25) is 9.59 Å². The van der Waals surface area contributed by atoms with E-state index in [0.717, 1.165) is 19.1 Å². The van der Waals surface area contributed by atoms with E-state index >= 15 is 0 Å². The molecule has 0 bridgehead atoms. The molecule has 0 radical (unpaired) electrons. The quantitative estimate of drug-likeness (QED) is 0.758. The van der Waals surface area contributed by atoms with Gasteiger partial charge in [-0.25, -0.2) is 8.42 Å². The summed E-state index contributed by atoms with van der Waals surface area (Å²) in [6, 6.07) is 14.9. The Balaban J connectivity index is 1.73. The molecular weight excluding hydrogens is 350 g/mol. The van der Waals surface area contributed by atoms with Crippen molar-refractivity contribution in [2.45, 2.75) is 30.2 Å². The summed E-state index contributed by atoms with van der Waals surface area (Å²) in [6.45, 7) is 0.611. The molecule has 0 spiro atoms. The van der Waals surface area contributed by atoms with Crippen LogP contribution in [0.15, 0.2) is 59.5 Å². The Labute approximate surface area is 153 Å². The van der Waals surface area contributed by atoms with Gasteiger partial charge in [0.25, 0.3) is 5.91 Å². The average molecular weight is 371 g/mol. The number of carbonyl (C=O) groups is 2. The molecule has 6 heteroatoms. The van der Waals surface area contributed by atoms with E-state index in [0.29, 0.717) is 24.1 Å². The second-order valence-electron chi connectivity index (χ2n) is 6.58. The van der Waals surface area contributed by atoms with E-state index in [-0.39, 0.29) is 22.6 Å². The van der Waals surface area contributed by atoms with Crippen molar-refractivity contribution in [1.29, 1.82) is 0 Å². The van der Waals surface area contributed by atoms with E-state index in [1.165, 1.54) is 24.3 Å². The van der Waals surface area contributed by atoms with Crippen LogP contribution in [0.25, 0.3) is 0 Å². The Kier molecular flexibility index (Phi) is 5.23. The van der Waals surface area contributed by atoms with Gasteiger partial charge >= 0.3 is 0 Å². The van der Waals surface area contributed by atoms with Gasteiger partial charge in [-0.2, -0.15) is 0 Å². The largest absolute Gasteiger partial charge is 0.335 e. The van der Waals surface area contributed by atoms with E-state index in [1.54, 1.807) is 17.0 Å². The predicted octanol–water partition coefficient (Wildman–Crippen LogP) is 2.97. The highest BCUT2D eigenvalue weighted by atomic mass is 32.2. The molecule has 1 saturated heterocycles. The summed E-state index contributed by atoms with van der Waals surface area (Å²) in [5, 5.41) is 0. The number of likely N-dealkylation sites (tertiary alicyclic amines) is 1. The molecule has 1 amide bonds. The molecule has 5 nitrogen and oxygen atoms in total. The maximum Gasteiger partial charge on any atom is 0.254 e. The molecule has 3 rings (SSSR count). The molecule has 2 aromatic carbocycles. The molecule has 0 saturated carbocycles. The third-order valence-electron chi connectivity index (χ3n) is 4.68. The molecule has 1 fully saturated rings. The number of benzene rings is 2. The van der Waals surface area contributed by atoms with Crippen LogP contribution >= 0.6 is 0 Å². The molecule has 136 valence electrons. The number of ketones is 1. The van der Waals surface area contributed by atoms with Crippen LogP contribution in [0, 0.1) is 0 Å². The van der Waals surface area contributed by atoms with Crippen molar-refractivity contribution >= 4 is 21.5 Å². The number of sulfone groups is 1. The highest BCUT2D eigenvalue weighted by Gasteiger charge is 2.31. The van der Waals surface area contributed by atoms with Crippen LogP contribution in [0.1, 0.15) is 40.0 Å². The van der Waals surface area contributed by atoms with Gasteiger partial charge in [0.05, 0.1) is 4.90 Å². The number of rotatable bonds is 5. The van der Waals surface area contributed by atoms with Crippen LogP contribution in [0.4, 0.5) is 0 Å². The van der Waals surface area contributed by atoms with Crippen LogP contribution in [0.3, 0.4) is 0 Å². The normalized spacial score (nSPS) is 17.3. The highest BCUT2D eigenvalue weighted by molar-refractivity contribution is 7.90. The third-order valence-corrected chi connectivity index (χ3v) is 5.81. The van der Waals surface area contributed by atoms with E-state index in [4.69, 9.17) is 0 Å². The van der Waals surface area contributed by atoms with Crippen molar-refractivity contribution in [2.75, 3.05) is 12.8 Å². The van der Waals surface area contributed by atoms with Gasteiger partial charge in [-0.15, -0.1) is 0 Å². The molecular formula is C20H21NO4S. The first kappa shape index (κ1) is 18.3. The number of hydrogen-bond acceptors (Lipinski definition) is 4. The molecule has 1 aliphatic rings. The first-order valence-electron chi connectivity index (χ1n) is 8.55. The van der Waals surface area contributed by atoms with Crippen molar-refractivity contribution in [2.24, 2.45) is 0 Å². The smallest absolute Gasteiger partial charge is 0.254 e. The standard InChI is InChI=1S/C20H21NO4S/c1-26(24,25)18-11-9-16(10-12-18)20(23)21-13-5-8-17(21)14-19(22)15-6-3-2-4-7-15/h2-4,6-7,9-12,17H,5,8,13-14H2,1H3. The number of amides is 1. The number of carbonyl (C=O) groups excluding carboxylic acids is 2. The van der Waals surface area contributed by atoms with Crippen LogP contribution in [0.5, 0.6) is 0 Å². The maximum atomic E-state index is 12.8. The van der Waals surface area contributed by atoms with Crippen LogP contribution in [0.2, 0.25) is 0 Å². The van der Waals surface area contributed by atoms with E-state index < -0.39 is 9.84 Å². The fourth-order valence-electron chi connectivity index (χ4n) is 3.28. The second-order valence-corrected chi connectivity index (χ2v) is 8.60. The summed E-state index contributed by atoms with van der Waals surface area (Å²) in [7, 11) is -3.29. The number of Topliss-reactive ketones (excluding diaryl/α,β-unsaturated/α-hetero) is 1. The molecule has 0 aliphatic carbocycles. The minimum absolute atomic E-state index is 0.0303. The Hall–Kier alpha value is -2.47. The Morgan fingerprint density at radius 2 is 1.65 bits per heavy atom. The molecule has 1 heterocycles. The summed E-state index contributed by atoms with van der Waals surface area (Å²) in [5.41, 5.74) is 1.10. The second kappa shape index (κ2) is 7.41. The van der Waals surface area contributed by atoms with Crippen molar-refractivity contribution in [1.82, 2.24) is 4.90 Å². The summed E-state index contributed by atoms with van der Waals surface area (Å²) in [4.78, 5) is 27.2. The van der Waals surface area contributed by atoms with Crippen LogP contribution < -0.4 is 0 Å². The van der Waals surface area contributed by atoms with Gasteiger partial charge in [-0.1, -0.05) is 30.3 Å². The summed E-state index contributed by atoms with van der Waals surface area (Å²) < 4.78 is 23.1. The molecule has 1 atom stereocenters. The zero-order valence-corrected chi connectivity index (χ0v) is 15.4. The Morgan fingerprint density at radius 1 is 1.00 bits per heavy atom. The summed E-state index contributed by atoms with van der Waals surface area (Å²) >= 11 is 0. The minimum Gasteiger partial charge on any atom is -0.335 e. The SMILES string of the molecule is CS(=O)(=O)c1ccc(C(=O)N2CCCC2CC(=O)c2ccccc2)cc1. The zero-order valence-electron chi connectivity index (χ0n) is 14.6. The minimum atomic E-state index is -3.29. The van der Waals surface area contributed by atoms with Gasteiger partial charge in [0.15, 0.2) is 15.6 Å². The zero-order chi connectivity index (χ0) is 18.7. The molecule has 0 N–H and O–H groups in total. The number of hydrogen-bond donors (Lipinski definition) is 0. The summed E-state index contributed by atoms with van der Waals surface area (Å²) in [5.74, 6) is -0.129. The number of nitrogens with zero attached hydrogens (tertiary/aromatic N) is 1. The molecule has 0 aromatic heterocycles. The van der Waals surface area contributed by atoms with Crippen LogP contribution in [-0.4, -0.2) is 43.9 Å².